The largest absolute Gasteiger partial charge is 0.401 e. The minimum Gasteiger partial charge on any atom is -0.358 e. The molecule has 1 fully saturated rings. The van der Waals surface area contributed by atoms with Gasteiger partial charge in [0, 0.05) is 48.7 Å². The number of rotatable bonds is 7. The van der Waals surface area contributed by atoms with Crippen LogP contribution in [0.25, 0.3) is 11.1 Å². The number of nitrogens with zero attached hydrogens (tertiary/aromatic N) is 5. The van der Waals surface area contributed by atoms with Crippen molar-refractivity contribution >= 4 is 11.7 Å². The Morgan fingerprint density at radius 3 is 2.42 bits per heavy atom. The van der Waals surface area contributed by atoms with Gasteiger partial charge in [-0.05, 0) is 43.9 Å². The fourth-order valence-corrected chi connectivity index (χ4v) is 4.41. The van der Waals surface area contributed by atoms with Crippen LogP contribution in [0.1, 0.15) is 46.9 Å². The summed E-state index contributed by atoms with van der Waals surface area (Å²) in [5, 5.41) is 10.3. The molecular weight excluding hydrogens is 504 g/mol. The van der Waals surface area contributed by atoms with Crippen molar-refractivity contribution in [2.45, 2.75) is 51.1 Å². The lowest BCUT2D eigenvalue weighted by molar-refractivity contribution is -0.165. The normalized spacial score (nSPS) is 14.5. The van der Waals surface area contributed by atoms with E-state index in [0.29, 0.717) is 23.4 Å². The van der Waals surface area contributed by atoms with Crippen LogP contribution >= 0.6 is 0 Å². The van der Waals surface area contributed by atoms with Gasteiger partial charge in [-0.1, -0.05) is 17.3 Å². The molecule has 1 aromatic carbocycles. The van der Waals surface area contributed by atoms with Crippen molar-refractivity contribution in [1.29, 1.82) is 0 Å². The predicted molar refractivity (Wildman–Crippen MR) is 129 cm³/mol. The maximum Gasteiger partial charge on any atom is 0.401 e. The van der Waals surface area contributed by atoms with Gasteiger partial charge in [-0.2, -0.15) is 18.3 Å². The molecule has 1 aliphatic rings. The molecule has 0 radical (unpaired) electrons. The van der Waals surface area contributed by atoms with E-state index >= 15 is 0 Å². The molecule has 3 aromatic heterocycles. The highest BCUT2D eigenvalue weighted by molar-refractivity contribution is 5.91. The van der Waals surface area contributed by atoms with E-state index in [1.54, 1.807) is 18.5 Å². The summed E-state index contributed by atoms with van der Waals surface area (Å²) < 4.78 is 61.2. The zero-order chi connectivity index (χ0) is 27.2. The standard InChI is InChI=1S/C26H24F4N6O2/c1-14-19(15(2)36(3)34-14)10-22-31-12-18(13-32-22)16-4-5-17(20(27)8-16)9-24(37)33-23-11-21(38-35-23)25(6-7-25)26(28,29)30/h4-5,8,11-13H,6-7,9-10H2,1-3H3,(H,33,35,37). The number of hydrogen-bond donors (Lipinski definition) is 1. The van der Waals surface area contributed by atoms with Gasteiger partial charge in [-0.25, -0.2) is 14.4 Å². The lowest BCUT2D eigenvalue weighted by Gasteiger charge is -2.14. The van der Waals surface area contributed by atoms with Crippen molar-refractivity contribution in [1.82, 2.24) is 24.9 Å². The molecular formula is C26H24F4N6O2. The number of carbonyl (C=O) groups excluding carboxylic acids is 1. The summed E-state index contributed by atoms with van der Waals surface area (Å²) in [5.41, 5.74) is 2.23. The summed E-state index contributed by atoms with van der Waals surface area (Å²) >= 11 is 0. The second-order valence-corrected chi connectivity index (χ2v) is 9.53. The average molecular weight is 529 g/mol. The molecule has 12 heteroatoms. The molecule has 1 saturated carbocycles. The van der Waals surface area contributed by atoms with Crippen LogP contribution in [0.5, 0.6) is 0 Å². The van der Waals surface area contributed by atoms with Crippen LogP contribution < -0.4 is 5.32 Å². The van der Waals surface area contributed by atoms with Crippen molar-refractivity contribution in [2.75, 3.05) is 5.32 Å². The second kappa shape index (κ2) is 9.34. The Morgan fingerprint density at radius 2 is 1.84 bits per heavy atom. The molecule has 1 amide bonds. The Labute approximate surface area is 215 Å². The first-order chi connectivity index (χ1) is 18.0. The first-order valence-electron chi connectivity index (χ1n) is 11.9. The predicted octanol–water partition coefficient (Wildman–Crippen LogP) is 4.99. The van der Waals surface area contributed by atoms with E-state index in [-0.39, 0.29) is 36.4 Å². The summed E-state index contributed by atoms with van der Waals surface area (Å²) in [5.74, 6) is -1.12. The SMILES string of the molecule is Cc1nn(C)c(C)c1Cc1ncc(-c2ccc(CC(=O)Nc3cc(C4(C(F)(F)F)CC4)on3)c(F)c2)cn1. The third kappa shape index (κ3) is 4.77. The molecule has 4 aromatic rings. The number of aryl methyl sites for hydroxylation is 2. The van der Waals surface area contributed by atoms with Gasteiger partial charge in [0.2, 0.25) is 5.91 Å². The van der Waals surface area contributed by atoms with E-state index < -0.39 is 23.3 Å². The minimum atomic E-state index is -4.46. The van der Waals surface area contributed by atoms with Crippen LogP contribution in [0.2, 0.25) is 0 Å². The van der Waals surface area contributed by atoms with E-state index in [4.69, 9.17) is 4.52 Å². The Kier molecular flexibility index (Phi) is 6.28. The smallest absolute Gasteiger partial charge is 0.358 e. The number of alkyl halides is 3. The van der Waals surface area contributed by atoms with Gasteiger partial charge < -0.3 is 9.84 Å². The number of benzene rings is 1. The quantitative estimate of drug-likeness (QED) is 0.340. The first-order valence-corrected chi connectivity index (χ1v) is 11.9. The third-order valence-corrected chi connectivity index (χ3v) is 6.98. The summed E-state index contributed by atoms with van der Waals surface area (Å²) in [7, 11) is 1.88. The van der Waals surface area contributed by atoms with Crippen molar-refractivity contribution in [3.05, 3.63) is 76.6 Å². The average Bonchev–Trinajstić information content (AvgIpc) is 3.51. The molecule has 5 rings (SSSR count). The van der Waals surface area contributed by atoms with E-state index in [2.05, 4.69) is 25.5 Å². The van der Waals surface area contributed by atoms with Crippen LogP contribution in [0.3, 0.4) is 0 Å². The highest BCUT2D eigenvalue weighted by Crippen LogP contribution is 2.59. The summed E-state index contributed by atoms with van der Waals surface area (Å²) in [6.07, 6.45) is -1.22. The second-order valence-electron chi connectivity index (χ2n) is 9.53. The highest BCUT2D eigenvalue weighted by atomic mass is 19.4. The summed E-state index contributed by atoms with van der Waals surface area (Å²) in [6, 6.07) is 5.47. The number of hydrogen-bond acceptors (Lipinski definition) is 6. The number of aromatic nitrogens is 5. The van der Waals surface area contributed by atoms with Crippen molar-refractivity contribution in [3.63, 3.8) is 0 Å². The molecule has 0 saturated heterocycles. The number of carbonyl (C=O) groups is 1. The Balaban J connectivity index is 1.23. The number of halogens is 4. The van der Waals surface area contributed by atoms with Crippen LogP contribution in [-0.2, 0) is 30.1 Å². The van der Waals surface area contributed by atoms with E-state index in [0.717, 1.165) is 23.0 Å². The molecule has 0 bridgehead atoms. The number of anilines is 1. The fraction of sp³-hybridized carbons (Fsp3) is 0.346. The monoisotopic (exact) mass is 528 g/mol. The molecule has 0 aliphatic heterocycles. The summed E-state index contributed by atoms with van der Waals surface area (Å²) in [4.78, 5) is 21.2. The highest BCUT2D eigenvalue weighted by Gasteiger charge is 2.66. The molecule has 0 atom stereocenters. The molecule has 1 aliphatic carbocycles. The van der Waals surface area contributed by atoms with Crippen LogP contribution in [0.4, 0.5) is 23.4 Å². The Morgan fingerprint density at radius 1 is 1.13 bits per heavy atom. The first kappa shape index (κ1) is 25.6. The van der Waals surface area contributed by atoms with Gasteiger partial charge in [0.1, 0.15) is 17.1 Å². The molecule has 0 unspecified atom stereocenters. The van der Waals surface area contributed by atoms with Crippen LogP contribution in [-0.4, -0.2) is 37.0 Å². The van der Waals surface area contributed by atoms with Crippen LogP contribution in [0.15, 0.2) is 41.2 Å². The van der Waals surface area contributed by atoms with E-state index in [1.165, 1.54) is 12.1 Å². The lowest BCUT2D eigenvalue weighted by Crippen LogP contribution is -2.28. The lowest BCUT2D eigenvalue weighted by atomic mass is 10.0. The van der Waals surface area contributed by atoms with Gasteiger partial charge >= 0.3 is 6.18 Å². The maximum atomic E-state index is 14.8. The third-order valence-electron chi connectivity index (χ3n) is 6.98. The molecule has 1 N–H and O–H groups in total. The molecule has 198 valence electrons. The minimum absolute atomic E-state index is 0.0890. The number of amides is 1. The zero-order valence-corrected chi connectivity index (χ0v) is 20.9. The zero-order valence-electron chi connectivity index (χ0n) is 20.9. The van der Waals surface area contributed by atoms with Gasteiger partial charge in [-0.3, -0.25) is 9.48 Å². The van der Waals surface area contributed by atoms with Crippen molar-refractivity contribution in [2.24, 2.45) is 7.05 Å². The molecule has 38 heavy (non-hydrogen) atoms. The van der Waals surface area contributed by atoms with Gasteiger partial charge in [0.25, 0.3) is 0 Å². The maximum absolute atomic E-state index is 14.8. The van der Waals surface area contributed by atoms with E-state index in [9.17, 15) is 22.4 Å². The molecule has 0 spiro atoms. The van der Waals surface area contributed by atoms with Crippen molar-refractivity contribution < 1.29 is 26.9 Å². The van der Waals surface area contributed by atoms with Crippen LogP contribution in [0, 0.1) is 19.7 Å². The summed E-state index contributed by atoms with van der Waals surface area (Å²) in [6.45, 7) is 3.91. The fourth-order valence-electron chi connectivity index (χ4n) is 4.41. The molecule has 3 heterocycles. The van der Waals surface area contributed by atoms with Gasteiger partial charge in [-0.15, -0.1) is 0 Å². The van der Waals surface area contributed by atoms with Crippen molar-refractivity contribution in [3.8, 4) is 11.1 Å². The molecule has 8 nitrogen and oxygen atoms in total. The van der Waals surface area contributed by atoms with E-state index in [1.807, 2.05) is 25.6 Å². The Bertz CT molecular complexity index is 1500. The number of nitrogens with one attached hydrogen (secondary N) is 1. The Hall–Kier alpha value is -4.09. The van der Waals surface area contributed by atoms with Gasteiger partial charge in [0.05, 0.1) is 12.1 Å². The van der Waals surface area contributed by atoms with Gasteiger partial charge in [0.15, 0.2) is 11.6 Å². The topological polar surface area (TPSA) is 98.7 Å².